The Balaban J connectivity index is 1.82. The summed E-state index contributed by atoms with van der Waals surface area (Å²) in [6, 6.07) is 4.04. The van der Waals surface area contributed by atoms with Gasteiger partial charge >= 0.3 is 0 Å². The second-order valence-corrected chi connectivity index (χ2v) is 3.78. The number of aromatic nitrogens is 2. The smallest absolute Gasteiger partial charge is 0.122 e. The minimum atomic E-state index is 0.743. The van der Waals surface area contributed by atoms with Crippen molar-refractivity contribution in [3.05, 3.63) is 41.9 Å². The van der Waals surface area contributed by atoms with E-state index in [2.05, 4.69) is 17.2 Å². The van der Waals surface area contributed by atoms with E-state index in [0.717, 1.165) is 36.9 Å². The summed E-state index contributed by atoms with van der Waals surface area (Å²) >= 11 is 0. The number of nitrogens with one attached hydrogen (secondary N) is 1. The number of nitrogens with zero attached hydrogens (tertiary/aromatic N) is 2. The zero-order valence-electron chi connectivity index (χ0n) is 9.73. The third kappa shape index (κ3) is 2.52. The number of rotatable bonds is 5. The number of hydrogen-bond acceptors (Lipinski definition) is 3. The lowest BCUT2D eigenvalue weighted by Gasteiger charge is -2.02. The highest BCUT2D eigenvalue weighted by Gasteiger charge is 2.01. The summed E-state index contributed by atoms with van der Waals surface area (Å²) in [4.78, 5) is 4.24. The molecule has 0 atom stereocenters. The van der Waals surface area contributed by atoms with Crippen LogP contribution in [0.25, 0.3) is 0 Å². The normalized spacial score (nSPS) is 10.9. The molecule has 2 heterocycles. The number of hydrogen-bond donors (Lipinski definition) is 1. The molecule has 0 radical (unpaired) electrons. The van der Waals surface area contributed by atoms with Gasteiger partial charge in [-0.25, -0.2) is 4.98 Å². The summed E-state index contributed by atoms with van der Waals surface area (Å²) in [6.45, 7) is 3.59. The highest BCUT2D eigenvalue weighted by Crippen LogP contribution is 2.08. The van der Waals surface area contributed by atoms with Gasteiger partial charge in [-0.05, 0) is 12.1 Å². The highest BCUT2D eigenvalue weighted by molar-refractivity contribution is 5.06. The molecular formula is C12H17N3O. The molecule has 1 N–H and O–H groups in total. The third-order valence-corrected chi connectivity index (χ3v) is 2.57. The summed E-state index contributed by atoms with van der Waals surface area (Å²) in [5, 5.41) is 3.31. The van der Waals surface area contributed by atoms with E-state index in [1.165, 1.54) is 0 Å². The van der Waals surface area contributed by atoms with E-state index in [4.69, 9.17) is 4.42 Å². The molecule has 86 valence electrons. The molecule has 0 saturated heterocycles. The first kappa shape index (κ1) is 11.0. The van der Waals surface area contributed by atoms with Crippen molar-refractivity contribution in [2.45, 2.75) is 26.4 Å². The zero-order chi connectivity index (χ0) is 11.4. The van der Waals surface area contributed by atoms with Gasteiger partial charge in [0.1, 0.15) is 17.3 Å². The fourth-order valence-corrected chi connectivity index (χ4v) is 1.57. The van der Waals surface area contributed by atoms with Crippen molar-refractivity contribution in [3.63, 3.8) is 0 Å². The van der Waals surface area contributed by atoms with Crippen molar-refractivity contribution in [2.24, 2.45) is 7.05 Å². The average Bonchev–Trinajstić information content (AvgIpc) is 2.89. The number of aryl methyl sites for hydroxylation is 2. The van der Waals surface area contributed by atoms with E-state index in [1.54, 1.807) is 6.20 Å². The molecule has 0 fully saturated rings. The zero-order valence-corrected chi connectivity index (χ0v) is 9.73. The molecule has 0 saturated carbocycles. The van der Waals surface area contributed by atoms with E-state index in [0.29, 0.717) is 0 Å². The van der Waals surface area contributed by atoms with E-state index in [1.807, 2.05) is 29.9 Å². The van der Waals surface area contributed by atoms with Crippen LogP contribution in [0.2, 0.25) is 0 Å². The van der Waals surface area contributed by atoms with Crippen LogP contribution in [0.1, 0.15) is 24.3 Å². The largest absolute Gasteiger partial charge is 0.465 e. The Labute approximate surface area is 95.3 Å². The predicted octanol–water partition coefficient (Wildman–Crippen LogP) is 1.87. The molecule has 0 spiro atoms. The monoisotopic (exact) mass is 219 g/mol. The Morgan fingerprint density at radius 2 is 2.12 bits per heavy atom. The summed E-state index contributed by atoms with van der Waals surface area (Å²) in [5.41, 5.74) is 0. The molecule has 0 aliphatic carbocycles. The molecule has 2 aromatic rings. The highest BCUT2D eigenvalue weighted by atomic mass is 16.3. The van der Waals surface area contributed by atoms with E-state index in [-0.39, 0.29) is 0 Å². The van der Waals surface area contributed by atoms with Crippen LogP contribution in [-0.2, 0) is 26.6 Å². The van der Waals surface area contributed by atoms with Gasteiger partial charge in [0.15, 0.2) is 0 Å². The molecule has 0 bridgehead atoms. The van der Waals surface area contributed by atoms with Crippen LogP contribution >= 0.6 is 0 Å². The summed E-state index contributed by atoms with van der Waals surface area (Å²) < 4.78 is 7.60. The Kier molecular flexibility index (Phi) is 3.41. The molecule has 0 aromatic carbocycles. The molecule has 4 heteroatoms. The maximum atomic E-state index is 5.59. The van der Waals surface area contributed by atoms with Crippen LogP contribution in [0, 0.1) is 0 Å². The van der Waals surface area contributed by atoms with Gasteiger partial charge in [0, 0.05) is 25.9 Å². The first-order chi connectivity index (χ1) is 7.79. The SMILES string of the molecule is CCc1ccc(CNCc2nccn2C)o1. The Bertz CT molecular complexity index is 445. The Hall–Kier alpha value is -1.55. The van der Waals surface area contributed by atoms with Gasteiger partial charge in [-0.3, -0.25) is 0 Å². The van der Waals surface area contributed by atoms with Crippen molar-refractivity contribution in [3.8, 4) is 0 Å². The third-order valence-electron chi connectivity index (χ3n) is 2.57. The molecule has 0 amide bonds. The van der Waals surface area contributed by atoms with Gasteiger partial charge in [0.2, 0.25) is 0 Å². The van der Waals surface area contributed by atoms with Crippen molar-refractivity contribution in [2.75, 3.05) is 0 Å². The van der Waals surface area contributed by atoms with Crippen LogP contribution in [-0.4, -0.2) is 9.55 Å². The number of furan rings is 1. The quantitative estimate of drug-likeness (QED) is 0.834. The minimum absolute atomic E-state index is 0.743. The van der Waals surface area contributed by atoms with Gasteiger partial charge < -0.3 is 14.3 Å². The van der Waals surface area contributed by atoms with Crippen molar-refractivity contribution in [1.29, 1.82) is 0 Å². The van der Waals surface area contributed by atoms with Crippen molar-refractivity contribution < 1.29 is 4.42 Å². The van der Waals surface area contributed by atoms with E-state index < -0.39 is 0 Å². The predicted molar refractivity (Wildman–Crippen MR) is 61.8 cm³/mol. The first-order valence-corrected chi connectivity index (χ1v) is 5.54. The summed E-state index contributed by atoms with van der Waals surface area (Å²) in [7, 11) is 1.99. The Morgan fingerprint density at radius 1 is 1.31 bits per heavy atom. The maximum Gasteiger partial charge on any atom is 0.122 e. The maximum absolute atomic E-state index is 5.59. The molecule has 2 aromatic heterocycles. The van der Waals surface area contributed by atoms with Crippen LogP contribution in [0.5, 0.6) is 0 Å². The topological polar surface area (TPSA) is 43.0 Å². The lowest BCUT2D eigenvalue weighted by atomic mass is 10.3. The van der Waals surface area contributed by atoms with Gasteiger partial charge in [0.25, 0.3) is 0 Å². The fraction of sp³-hybridized carbons (Fsp3) is 0.417. The second-order valence-electron chi connectivity index (χ2n) is 3.78. The molecule has 0 unspecified atom stereocenters. The minimum Gasteiger partial charge on any atom is -0.465 e. The standard InChI is InChI=1S/C12H17N3O/c1-3-10-4-5-11(16-10)8-13-9-12-14-6-7-15(12)2/h4-7,13H,3,8-9H2,1-2H3. The van der Waals surface area contributed by atoms with Gasteiger partial charge in [-0.1, -0.05) is 6.92 Å². The molecule has 2 rings (SSSR count). The van der Waals surface area contributed by atoms with Crippen LogP contribution in [0.15, 0.2) is 28.9 Å². The summed E-state index contributed by atoms with van der Waals surface area (Å²) in [6.07, 6.45) is 4.69. The van der Waals surface area contributed by atoms with E-state index >= 15 is 0 Å². The number of imidazole rings is 1. The molecule has 4 nitrogen and oxygen atoms in total. The van der Waals surface area contributed by atoms with Crippen LogP contribution < -0.4 is 5.32 Å². The second kappa shape index (κ2) is 4.99. The lowest BCUT2D eigenvalue weighted by Crippen LogP contribution is -2.15. The molecule has 0 aliphatic rings. The molecule has 0 aliphatic heterocycles. The van der Waals surface area contributed by atoms with Crippen LogP contribution in [0.4, 0.5) is 0 Å². The van der Waals surface area contributed by atoms with E-state index in [9.17, 15) is 0 Å². The van der Waals surface area contributed by atoms with Gasteiger partial charge in [-0.2, -0.15) is 0 Å². The lowest BCUT2D eigenvalue weighted by molar-refractivity contribution is 0.447. The first-order valence-electron chi connectivity index (χ1n) is 5.54. The van der Waals surface area contributed by atoms with Crippen LogP contribution in [0.3, 0.4) is 0 Å². The van der Waals surface area contributed by atoms with Gasteiger partial charge in [-0.15, -0.1) is 0 Å². The summed E-state index contributed by atoms with van der Waals surface area (Å²) in [5.74, 6) is 3.04. The Morgan fingerprint density at radius 3 is 2.75 bits per heavy atom. The van der Waals surface area contributed by atoms with Crippen molar-refractivity contribution in [1.82, 2.24) is 14.9 Å². The van der Waals surface area contributed by atoms with Crippen molar-refractivity contribution >= 4 is 0 Å². The van der Waals surface area contributed by atoms with Gasteiger partial charge in [0.05, 0.1) is 13.1 Å². The fourth-order valence-electron chi connectivity index (χ4n) is 1.57. The molecular weight excluding hydrogens is 202 g/mol. The average molecular weight is 219 g/mol. The molecule has 16 heavy (non-hydrogen) atoms.